The van der Waals surface area contributed by atoms with Gasteiger partial charge < -0.3 is 14.8 Å². The molecule has 0 radical (unpaired) electrons. The summed E-state index contributed by atoms with van der Waals surface area (Å²) in [6.45, 7) is 0.134. The molecule has 0 spiro atoms. The molecule has 0 saturated carbocycles. The van der Waals surface area contributed by atoms with Crippen LogP contribution in [0.5, 0.6) is 5.75 Å². The molecule has 0 saturated heterocycles. The summed E-state index contributed by atoms with van der Waals surface area (Å²) in [5, 5.41) is 4.67. The number of methoxy groups -OCH3 is 1. The minimum absolute atomic E-state index is 0.251. The normalized spacial score (nSPS) is 10.1. The van der Waals surface area contributed by atoms with Crippen molar-refractivity contribution in [3.8, 4) is 5.75 Å². The first-order valence-electron chi connectivity index (χ1n) is 7.25. The molecule has 6 heteroatoms. The van der Waals surface area contributed by atoms with E-state index in [0.29, 0.717) is 13.0 Å². The minimum atomic E-state index is -0.363. The number of hydrogen-bond acceptors (Lipinski definition) is 5. The Bertz CT molecular complexity index is 623. The summed E-state index contributed by atoms with van der Waals surface area (Å²) in [7, 11) is 1.60. The first kappa shape index (κ1) is 17.0. The number of esters is 1. The largest absolute Gasteiger partial charge is 0.497 e. The molecule has 0 aliphatic rings. The standard InChI is InChI=1S/C17H19NO4S/c1-21-14-6-4-13(5-7-14)11-18-16(19)12-22-17(20)9-8-15-3-2-10-23-15/h2-7,10H,8-9,11-12H2,1H3,(H,18,19). The van der Waals surface area contributed by atoms with Gasteiger partial charge in [0.25, 0.3) is 5.91 Å². The van der Waals surface area contributed by atoms with Crippen LogP contribution in [0.2, 0.25) is 0 Å². The average molecular weight is 333 g/mol. The molecule has 5 nitrogen and oxygen atoms in total. The molecule has 0 atom stereocenters. The van der Waals surface area contributed by atoms with Crippen LogP contribution in [0.15, 0.2) is 41.8 Å². The third-order valence-corrected chi connectivity index (χ3v) is 4.10. The Morgan fingerprint density at radius 1 is 1.17 bits per heavy atom. The summed E-state index contributed by atoms with van der Waals surface area (Å²) < 4.78 is 10.0. The SMILES string of the molecule is COc1ccc(CNC(=O)COC(=O)CCc2cccs2)cc1. The number of rotatable bonds is 8. The van der Waals surface area contributed by atoms with Crippen molar-refractivity contribution in [3.05, 3.63) is 52.2 Å². The Kier molecular flexibility index (Phi) is 6.62. The van der Waals surface area contributed by atoms with Gasteiger partial charge >= 0.3 is 5.97 Å². The fourth-order valence-corrected chi connectivity index (χ4v) is 2.60. The summed E-state index contributed by atoms with van der Waals surface area (Å²) in [4.78, 5) is 24.4. The number of amides is 1. The second-order valence-electron chi connectivity index (χ2n) is 4.86. The van der Waals surface area contributed by atoms with E-state index in [1.54, 1.807) is 18.4 Å². The molecule has 2 rings (SSSR count). The zero-order valence-corrected chi connectivity index (χ0v) is 13.7. The van der Waals surface area contributed by atoms with E-state index in [-0.39, 0.29) is 24.9 Å². The number of thiophene rings is 1. The highest BCUT2D eigenvalue weighted by molar-refractivity contribution is 7.09. The van der Waals surface area contributed by atoms with Crippen molar-refractivity contribution >= 4 is 23.2 Å². The van der Waals surface area contributed by atoms with E-state index < -0.39 is 0 Å². The Labute approximate surface area is 139 Å². The first-order chi connectivity index (χ1) is 11.2. The molecule has 23 heavy (non-hydrogen) atoms. The molecule has 1 aromatic heterocycles. The van der Waals surface area contributed by atoms with Crippen molar-refractivity contribution in [2.45, 2.75) is 19.4 Å². The summed E-state index contributed by atoms with van der Waals surface area (Å²) in [6, 6.07) is 11.3. The third kappa shape index (κ3) is 6.12. The molecule has 1 aromatic carbocycles. The van der Waals surface area contributed by atoms with Crippen LogP contribution in [-0.2, 0) is 27.3 Å². The molecular weight excluding hydrogens is 314 g/mol. The highest BCUT2D eigenvalue weighted by atomic mass is 32.1. The second-order valence-corrected chi connectivity index (χ2v) is 5.90. The van der Waals surface area contributed by atoms with Gasteiger partial charge in [0.2, 0.25) is 0 Å². The van der Waals surface area contributed by atoms with Gasteiger partial charge in [-0.05, 0) is 35.6 Å². The maximum atomic E-state index is 11.7. The van der Waals surface area contributed by atoms with Crippen molar-refractivity contribution in [1.29, 1.82) is 0 Å². The number of carbonyl (C=O) groups is 2. The van der Waals surface area contributed by atoms with Crippen molar-refractivity contribution in [1.82, 2.24) is 5.32 Å². The topological polar surface area (TPSA) is 64.6 Å². The molecule has 122 valence electrons. The number of ether oxygens (including phenoxy) is 2. The lowest BCUT2D eigenvalue weighted by atomic mass is 10.2. The molecule has 0 aliphatic carbocycles. The van der Waals surface area contributed by atoms with Gasteiger partial charge in [0, 0.05) is 11.4 Å². The van der Waals surface area contributed by atoms with E-state index in [4.69, 9.17) is 9.47 Å². The number of carbonyl (C=O) groups excluding carboxylic acids is 2. The molecule has 1 N–H and O–H groups in total. The van der Waals surface area contributed by atoms with Crippen LogP contribution in [0.25, 0.3) is 0 Å². The number of aryl methyl sites for hydroxylation is 1. The summed E-state index contributed by atoms with van der Waals surface area (Å²) >= 11 is 1.60. The van der Waals surface area contributed by atoms with Gasteiger partial charge in [-0.3, -0.25) is 9.59 Å². The molecule has 0 unspecified atom stereocenters. The lowest BCUT2D eigenvalue weighted by Gasteiger charge is -2.07. The van der Waals surface area contributed by atoms with Gasteiger partial charge in [0.05, 0.1) is 13.5 Å². The monoisotopic (exact) mass is 333 g/mol. The zero-order chi connectivity index (χ0) is 16.5. The lowest BCUT2D eigenvalue weighted by molar-refractivity contribution is -0.148. The summed E-state index contributed by atoms with van der Waals surface area (Å²) in [5.41, 5.74) is 0.947. The van der Waals surface area contributed by atoms with Crippen LogP contribution in [0, 0.1) is 0 Å². The molecule has 0 bridgehead atoms. The Morgan fingerprint density at radius 2 is 1.96 bits per heavy atom. The number of benzene rings is 1. The highest BCUT2D eigenvalue weighted by Gasteiger charge is 2.08. The van der Waals surface area contributed by atoms with Gasteiger partial charge in [-0.1, -0.05) is 18.2 Å². The van der Waals surface area contributed by atoms with E-state index in [1.807, 2.05) is 41.8 Å². The smallest absolute Gasteiger partial charge is 0.306 e. The predicted octanol–water partition coefficient (Wildman–Crippen LogP) is 2.55. The molecule has 1 heterocycles. The van der Waals surface area contributed by atoms with Gasteiger partial charge in [-0.15, -0.1) is 11.3 Å². The van der Waals surface area contributed by atoms with Crippen LogP contribution in [0.3, 0.4) is 0 Å². The molecular formula is C17H19NO4S. The Morgan fingerprint density at radius 3 is 2.61 bits per heavy atom. The van der Waals surface area contributed by atoms with Crippen LogP contribution >= 0.6 is 11.3 Å². The van der Waals surface area contributed by atoms with Crippen molar-refractivity contribution < 1.29 is 19.1 Å². The highest BCUT2D eigenvalue weighted by Crippen LogP contribution is 2.12. The van der Waals surface area contributed by atoms with Crippen LogP contribution in [0.1, 0.15) is 16.9 Å². The van der Waals surface area contributed by atoms with E-state index in [9.17, 15) is 9.59 Å². The Balaban J connectivity index is 1.63. The van der Waals surface area contributed by atoms with Crippen LogP contribution < -0.4 is 10.1 Å². The first-order valence-corrected chi connectivity index (χ1v) is 8.13. The van der Waals surface area contributed by atoms with E-state index >= 15 is 0 Å². The van der Waals surface area contributed by atoms with Gasteiger partial charge in [-0.25, -0.2) is 0 Å². The molecule has 1 amide bonds. The Hall–Kier alpha value is -2.34. The number of hydrogen-bond donors (Lipinski definition) is 1. The van der Waals surface area contributed by atoms with Crippen molar-refractivity contribution in [2.75, 3.05) is 13.7 Å². The fraction of sp³-hybridized carbons (Fsp3) is 0.294. The average Bonchev–Trinajstić information content (AvgIpc) is 3.10. The molecule has 0 aliphatic heterocycles. The number of nitrogens with one attached hydrogen (secondary N) is 1. The van der Waals surface area contributed by atoms with Gasteiger partial charge in [-0.2, -0.15) is 0 Å². The maximum absolute atomic E-state index is 11.7. The minimum Gasteiger partial charge on any atom is -0.497 e. The van der Waals surface area contributed by atoms with Crippen LogP contribution in [0.4, 0.5) is 0 Å². The van der Waals surface area contributed by atoms with Crippen molar-refractivity contribution in [2.24, 2.45) is 0 Å². The predicted molar refractivity (Wildman–Crippen MR) is 88.4 cm³/mol. The van der Waals surface area contributed by atoms with Crippen LogP contribution in [-0.4, -0.2) is 25.6 Å². The van der Waals surface area contributed by atoms with E-state index in [0.717, 1.165) is 16.2 Å². The summed E-state index contributed by atoms with van der Waals surface area (Å²) in [6.07, 6.45) is 0.927. The molecule has 0 fully saturated rings. The third-order valence-electron chi connectivity index (χ3n) is 3.17. The lowest BCUT2D eigenvalue weighted by Crippen LogP contribution is -2.28. The van der Waals surface area contributed by atoms with E-state index in [2.05, 4.69) is 5.32 Å². The van der Waals surface area contributed by atoms with Gasteiger partial charge in [0.1, 0.15) is 5.75 Å². The molecule has 2 aromatic rings. The second kappa shape index (κ2) is 8.95. The zero-order valence-electron chi connectivity index (χ0n) is 12.9. The van der Waals surface area contributed by atoms with E-state index in [1.165, 1.54) is 0 Å². The van der Waals surface area contributed by atoms with Crippen molar-refractivity contribution in [3.63, 3.8) is 0 Å². The maximum Gasteiger partial charge on any atom is 0.306 e. The fourth-order valence-electron chi connectivity index (χ4n) is 1.89. The van der Waals surface area contributed by atoms with Gasteiger partial charge in [0.15, 0.2) is 6.61 Å². The quantitative estimate of drug-likeness (QED) is 0.754. The summed E-state index contributed by atoms with van der Waals surface area (Å²) in [5.74, 6) is 0.0861.